The van der Waals surface area contributed by atoms with E-state index in [0.29, 0.717) is 29.1 Å². The first-order valence-corrected chi connectivity index (χ1v) is 14.0. The number of nitrogens with one attached hydrogen (secondary N) is 2. The Hall–Kier alpha value is -3.89. The Labute approximate surface area is 220 Å². The summed E-state index contributed by atoms with van der Waals surface area (Å²) in [7, 11) is -0.354. The number of fused-ring (bicyclic) bond motifs is 1. The van der Waals surface area contributed by atoms with Crippen LogP contribution in [-0.4, -0.2) is 39.5 Å². The first-order chi connectivity index (χ1) is 17.8. The van der Waals surface area contributed by atoms with Gasteiger partial charge in [0, 0.05) is 29.6 Å². The Kier molecular flexibility index (Phi) is 6.61. The smallest absolute Gasteiger partial charge is 0.264 e. The van der Waals surface area contributed by atoms with E-state index < -0.39 is 10.0 Å². The third-order valence-corrected chi connectivity index (χ3v) is 9.06. The van der Waals surface area contributed by atoms with Gasteiger partial charge in [0.15, 0.2) is 5.13 Å². The van der Waals surface area contributed by atoms with Crippen LogP contribution in [-0.2, 0) is 16.4 Å². The minimum absolute atomic E-state index is 0.241. The quantitative estimate of drug-likeness (QED) is 0.336. The zero-order valence-corrected chi connectivity index (χ0v) is 22.2. The van der Waals surface area contributed by atoms with Crippen LogP contribution < -0.4 is 19.7 Å². The molecular weight excluding hydrogens is 508 g/mol. The van der Waals surface area contributed by atoms with Crippen LogP contribution in [0.2, 0.25) is 0 Å². The first kappa shape index (κ1) is 24.8. The summed E-state index contributed by atoms with van der Waals surface area (Å²) in [6.07, 6.45) is 0.513. The van der Waals surface area contributed by atoms with E-state index in [0.717, 1.165) is 22.0 Å². The number of rotatable bonds is 7. The number of sulfonamides is 1. The standard InChI is InChI=1S/C27H26N4O4S2/c1-17-13-20-14-19(9-11-24(20)31(17)37(33,34)21-7-5-4-6-8-21)26(32)29-22-15-18(10-12-25(22)35-3)23-16-36-27(28-2)30-23/h4-12,14-17H,13H2,1-3H3,(H,28,30)(H,29,32)/t17-/m1/s1. The molecule has 1 aliphatic rings. The van der Waals surface area contributed by atoms with Crippen molar-refractivity contribution in [3.8, 4) is 17.0 Å². The molecule has 0 radical (unpaired) electrons. The number of hydrogen-bond acceptors (Lipinski definition) is 7. The number of carbonyl (C=O) groups excluding carboxylic acids is 1. The predicted molar refractivity (Wildman–Crippen MR) is 147 cm³/mol. The molecule has 37 heavy (non-hydrogen) atoms. The van der Waals surface area contributed by atoms with Gasteiger partial charge in [0.2, 0.25) is 0 Å². The fourth-order valence-corrected chi connectivity index (χ4v) is 6.89. The van der Waals surface area contributed by atoms with Crippen LogP contribution in [0.25, 0.3) is 11.3 Å². The second kappa shape index (κ2) is 9.87. The van der Waals surface area contributed by atoms with Gasteiger partial charge >= 0.3 is 0 Å². The van der Waals surface area contributed by atoms with Crippen LogP contribution in [0.1, 0.15) is 22.8 Å². The summed E-state index contributed by atoms with van der Waals surface area (Å²) in [4.78, 5) is 18.0. The van der Waals surface area contributed by atoms with Crippen molar-refractivity contribution in [1.29, 1.82) is 0 Å². The van der Waals surface area contributed by atoms with Gasteiger partial charge in [-0.2, -0.15) is 0 Å². The highest BCUT2D eigenvalue weighted by molar-refractivity contribution is 7.92. The SMILES string of the molecule is CNc1nc(-c2ccc(OC)c(NC(=O)c3ccc4c(c3)C[C@@H](C)N4S(=O)(=O)c3ccccc3)c2)cs1. The number of thiazole rings is 1. The summed E-state index contributed by atoms with van der Waals surface area (Å²) in [5.74, 6) is 0.209. The third kappa shape index (κ3) is 4.65. The van der Waals surface area contributed by atoms with Crippen molar-refractivity contribution in [2.75, 3.05) is 29.1 Å². The molecular formula is C27H26N4O4S2. The molecule has 0 saturated carbocycles. The lowest BCUT2D eigenvalue weighted by Crippen LogP contribution is -2.35. The third-order valence-electron chi connectivity index (χ3n) is 6.26. The van der Waals surface area contributed by atoms with Crippen LogP contribution in [0.15, 0.2) is 77.0 Å². The number of nitrogens with zero attached hydrogens (tertiary/aromatic N) is 2. The van der Waals surface area contributed by atoms with E-state index in [2.05, 4.69) is 15.6 Å². The number of aromatic nitrogens is 1. The van der Waals surface area contributed by atoms with E-state index >= 15 is 0 Å². The molecule has 1 aliphatic heterocycles. The number of methoxy groups -OCH3 is 1. The zero-order chi connectivity index (χ0) is 26.2. The highest BCUT2D eigenvalue weighted by Crippen LogP contribution is 2.38. The summed E-state index contributed by atoms with van der Waals surface area (Å²) >= 11 is 1.50. The zero-order valence-electron chi connectivity index (χ0n) is 20.6. The molecule has 0 spiro atoms. The average molecular weight is 535 g/mol. The molecule has 2 N–H and O–H groups in total. The van der Waals surface area contributed by atoms with Crippen molar-refractivity contribution < 1.29 is 17.9 Å². The van der Waals surface area contributed by atoms with Crippen molar-refractivity contribution in [1.82, 2.24) is 4.98 Å². The van der Waals surface area contributed by atoms with Gasteiger partial charge in [-0.05, 0) is 67.4 Å². The van der Waals surface area contributed by atoms with E-state index in [1.165, 1.54) is 15.6 Å². The fourth-order valence-electron chi connectivity index (χ4n) is 4.50. The Morgan fingerprint density at radius 2 is 1.89 bits per heavy atom. The van der Waals surface area contributed by atoms with Gasteiger partial charge in [-0.1, -0.05) is 18.2 Å². The van der Waals surface area contributed by atoms with E-state index in [4.69, 9.17) is 4.74 Å². The molecule has 1 atom stereocenters. The van der Waals surface area contributed by atoms with Crippen molar-refractivity contribution in [2.45, 2.75) is 24.3 Å². The van der Waals surface area contributed by atoms with Gasteiger partial charge < -0.3 is 15.4 Å². The molecule has 0 fully saturated rings. The maximum absolute atomic E-state index is 13.3. The second-order valence-electron chi connectivity index (χ2n) is 8.67. The average Bonchev–Trinajstić information content (AvgIpc) is 3.52. The number of benzene rings is 3. The van der Waals surface area contributed by atoms with Crippen LogP contribution >= 0.6 is 11.3 Å². The van der Waals surface area contributed by atoms with Crippen molar-refractivity contribution in [3.63, 3.8) is 0 Å². The number of hydrogen-bond donors (Lipinski definition) is 2. The lowest BCUT2D eigenvalue weighted by atomic mass is 10.1. The highest BCUT2D eigenvalue weighted by atomic mass is 32.2. The molecule has 1 amide bonds. The lowest BCUT2D eigenvalue weighted by molar-refractivity contribution is 0.102. The maximum Gasteiger partial charge on any atom is 0.264 e. The van der Waals surface area contributed by atoms with Crippen molar-refractivity contribution >= 4 is 43.8 Å². The Morgan fingerprint density at radius 1 is 1.11 bits per heavy atom. The minimum Gasteiger partial charge on any atom is -0.495 e. The van der Waals surface area contributed by atoms with Crippen LogP contribution in [0, 0.1) is 0 Å². The van der Waals surface area contributed by atoms with Gasteiger partial charge in [-0.15, -0.1) is 11.3 Å². The van der Waals surface area contributed by atoms with E-state index in [1.807, 2.05) is 31.5 Å². The second-order valence-corrected chi connectivity index (χ2v) is 11.3. The van der Waals surface area contributed by atoms with Gasteiger partial charge in [0.05, 0.1) is 29.1 Å². The Morgan fingerprint density at radius 3 is 2.59 bits per heavy atom. The highest BCUT2D eigenvalue weighted by Gasteiger charge is 2.36. The fraction of sp³-hybridized carbons (Fsp3) is 0.185. The molecule has 0 unspecified atom stereocenters. The number of anilines is 3. The largest absolute Gasteiger partial charge is 0.495 e. The number of amides is 1. The van der Waals surface area contributed by atoms with Crippen LogP contribution in [0.5, 0.6) is 5.75 Å². The molecule has 8 nitrogen and oxygen atoms in total. The summed E-state index contributed by atoms with van der Waals surface area (Å²) < 4.78 is 33.6. The monoisotopic (exact) mass is 534 g/mol. The molecule has 10 heteroatoms. The van der Waals surface area contributed by atoms with Gasteiger partial charge in [-0.3, -0.25) is 9.10 Å². The van der Waals surface area contributed by atoms with Gasteiger partial charge in [-0.25, -0.2) is 13.4 Å². The van der Waals surface area contributed by atoms with E-state index in [1.54, 1.807) is 61.7 Å². The molecule has 0 saturated heterocycles. The topological polar surface area (TPSA) is 101 Å². The van der Waals surface area contributed by atoms with Crippen molar-refractivity contribution in [2.24, 2.45) is 0 Å². The molecule has 0 aliphatic carbocycles. The Bertz CT molecular complexity index is 1570. The maximum atomic E-state index is 13.3. The van der Waals surface area contributed by atoms with Gasteiger partial charge in [0.25, 0.3) is 15.9 Å². The molecule has 0 bridgehead atoms. The predicted octanol–water partition coefficient (Wildman–Crippen LogP) is 5.25. The molecule has 3 aromatic carbocycles. The number of carbonyl (C=O) groups is 1. The summed E-state index contributed by atoms with van der Waals surface area (Å²) in [5, 5.41) is 8.71. The van der Waals surface area contributed by atoms with Crippen molar-refractivity contribution in [3.05, 3.63) is 83.2 Å². The van der Waals surface area contributed by atoms with Crippen LogP contribution in [0.4, 0.5) is 16.5 Å². The molecule has 190 valence electrons. The van der Waals surface area contributed by atoms with E-state index in [9.17, 15) is 13.2 Å². The lowest BCUT2D eigenvalue weighted by Gasteiger charge is -2.24. The van der Waals surface area contributed by atoms with E-state index in [-0.39, 0.29) is 16.8 Å². The summed E-state index contributed by atoms with van der Waals surface area (Å²) in [6.45, 7) is 1.87. The molecule has 4 aromatic rings. The normalized spacial score (nSPS) is 14.8. The minimum atomic E-state index is -3.72. The molecule has 5 rings (SSSR count). The van der Waals surface area contributed by atoms with Crippen LogP contribution in [0.3, 0.4) is 0 Å². The first-order valence-electron chi connectivity index (χ1n) is 11.7. The summed E-state index contributed by atoms with van der Waals surface area (Å²) in [5.41, 5.74) is 3.99. The molecule has 1 aromatic heterocycles. The number of ether oxygens (including phenoxy) is 1. The van der Waals surface area contributed by atoms with Gasteiger partial charge in [0.1, 0.15) is 5.75 Å². The summed E-state index contributed by atoms with van der Waals surface area (Å²) in [6, 6.07) is 18.7. The molecule has 2 heterocycles. The Balaban J connectivity index is 1.42.